The van der Waals surface area contributed by atoms with Crippen molar-refractivity contribution in [1.82, 2.24) is 19.9 Å². The van der Waals surface area contributed by atoms with Crippen LogP contribution in [0.5, 0.6) is 5.75 Å². The first-order valence-corrected chi connectivity index (χ1v) is 13.0. The summed E-state index contributed by atoms with van der Waals surface area (Å²) >= 11 is 7.96. The van der Waals surface area contributed by atoms with E-state index in [9.17, 15) is 5.11 Å². The van der Waals surface area contributed by atoms with Gasteiger partial charge in [0.25, 0.3) is 0 Å². The van der Waals surface area contributed by atoms with Crippen LogP contribution >= 0.6 is 22.9 Å². The van der Waals surface area contributed by atoms with E-state index in [1.807, 2.05) is 55.5 Å². The van der Waals surface area contributed by atoms with Gasteiger partial charge in [0.2, 0.25) is 0 Å². The van der Waals surface area contributed by atoms with Gasteiger partial charge in [-0.3, -0.25) is 9.80 Å². The normalized spacial score (nSPS) is 19.2. The zero-order valence-electron chi connectivity index (χ0n) is 20.0. The summed E-state index contributed by atoms with van der Waals surface area (Å²) in [5, 5.41) is 16.5. The minimum absolute atomic E-state index is 0.184. The smallest absolute Gasteiger partial charge is 0.178 e. The van der Waals surface area contributed by atoms with E-state index < -0.39 is 12.3 Å². The first-order valence-electron chi connectivity index (χ1n) is 11.8. The minimum Gasteiger partial charge on any atom is -0.472 e. The third-order valence-electron chi connectivity index (χ3n) is 6.31. The Balaban J connectivity index is 1.23. The first kappa shape index (κ1) is 24.2. The highest BCUT2D eigenvalue weighted by atomic mass is 35.5. The lowest BCUT2D eigenvalue weighted by Gasteiger charge is -2.44. The molecule has 2 aromatic carbocycles. The van der Waals surface area contributed by atoms with Crippen LogP contribution in [0.4, 0.5) is 0 Å². The predicted molar refractivity (Wildman–Crippen MR) is 139 cm³/mol. The molecule has 1 aliphatic heterocycles. The van der Waals surface area contributed by atoms with E-state index in [1.54, 1.807) is 18.3 Å². The molecule has 0 bridgehead atoms. The minimum atomic E-state index is -0.648. The number of hydrogen-bond acceptors (Lipinski definition) is 8. The molecule has 3 atom stereocenters. The fourth-order valence-corrected chi connectivity index (χ4v) is 5.69. The zero-order valence-corrected chi connectivity index (χ0v) is 21.6. The van der Waals surface area contributed by atoms with Gasteiger partial charge in [-0.2, -0.15) is 0 Å². The van der Waals surface area contributed by atoms with E-state index in [2.05, 4.69) is 26.9 Å². The number of nitrogens with zero attached hydrogens (tertiary/aromatic N) is 4. The van der Waals surface area contributed by atoms with Gasteiger partial charge in [-0.05, 0) is 45.0 Å². The third-order valence-corrected chi connectivity index (χ3v) is 7.59. The maximum Gasteiger partial charge on any atom is 0.178 e. The second kappa shape index (κ2) is 10.2. The Morgan fingerprint density at radius 1 is 1.23 bits per heavy atom. The van der Waals surface area contributed by atoms with Crippen molar-refractivity contribution >= 4 is 33.2 Å². The van der Waals surface area contributed by atoms with Gasteiger partial charge >= 0.3 is 0 Å². The maximum absolute atomic E-state index is 10.6. The highest BCUT2D eigenvalue weighted by Gasteiger charge is 2.33. The van der Waals surface area contributed by atoms with Gasteiger partial charge in [0, 0.05) is 49.9 Å². The summed E-state index contributed by atoms with van der Waals surface area (Å²) in [4.78, 5) is 9.14. The lowest BCUT2D eigenvalue weighted by molar-refractivity contribution is -0.0959. The van der Waals surface area contributed by atoms with Gasteiger partial charge < -0.3 is 14.4 Å². The van der Waals surface area contributed by atoms with Crippen LogP contribution in [-0.4, -0.2) is 63.1 Å². The van der Waals surface area contributed by atoms with Crippen LogP contribution in [0.1, 0.15) is 24.5 Å². The molecule has 7 nitrogen and oxygen atoms in total. The van der Waals surface area contributed by atoms with Crippen molar-refractivity contribution in [1.29, 1.82) is 0 Å². The Morgan fingerprint density at radius 2 is 2.06 bits per heavy atom. The molecular weight excluding hydrogens is 484 g/mol. The number of aliphatic hydroxyl groups excluding tert-OH is 1. The van der Waals surface area contributed by atoms with Crippen LogP contribution in [-0.2, 0) is 6.54 Å². The second-order valence-electron chi connectivity index (χ2n) is 9.10. The summed E-state index contributed by atoms with van der Waals surface area (Å²) in [6.07, 6.45) is -1.09. The number of aliphatic hydroxyl groups is 1. The highest BCUT2D eigenvalue weighted by molar-refractivity contribution is 7.18. The summed E-state index contributed by atoms with van der Waals surface area (Å²) in [5.41, 5.74) is 2.64. The number of benzene rings is 2. The lowest BCUT2D eigenvalue weighted by Crippen LogP contribution is -2.59. The summed E-state index contributed by atoms with van der Waals surface area (Å²) in [6, 6.07) is 15.7. The van der Waals surface area contributed by atoms with E-state index >= 15 is 0 Å². The molecule has 184 valence electrons. The molecule has 9 heteroatoms. The molecule has 1 fully saturated rings. The summed E-state index contributed by atoms with van der Waals surface area (Å²) in [7, 11) is 0. The van der Waals surface area contributed by atoms with E-state index in [1.165, 1.54) is 0 Å². The molecule has 4 aromatic rings. The lowest BCUT2D eigenvalue weighted by atomic mass is 10.1. The molecule has 0 aliphatic carbocycles. The van der Waals surface area contributed by atoms with Crippen LogP contribution in [0.25, 0.3) is 21.5 Å². The van der Waals surface area contributed by atoms with Crippen LogP contribution in [0, 0.1) is 6.92 Å². The van der Waals surface area contributed by atoms with Gasteiger partial charge in [0.05, 0.1) is 25.9 Å². The number of rotatable bonds is 7. The quantitative estimate of drug-likeness (QED) is 0.364. The summed E-state index contributed by atoms with van der Waals surface area (Å²) in [5.74, 6) is 1.39. The highest BCUT2D eigenvalue weighted by Crippen LogP contribution is 2.30. The van der Waals surface area contributed by atoms with Gasteiger partial charge in [0.1, 0.15) is 11.9 Å². The van der Waals surface area contributed by atoms with Crippen LogP contribution in [0.2, 0.25) is 5.02 Å². The van der Waals surface area contributed by atoms with Crippen LogP contribution in [0.3, 0.4) is 0 Å². The van der Waals surface area contributed by atoms with E-state index in [-0.39, 0.29) is 6.04 Å². The molecule has 1 N–H and O–H groups in total. The number of halogens is 1. The number of hydrogen-bond donors (Lipinski definition) is 1. The van der Waals surface area contributed by atoms with E-state index in [0.29, 0.717) is 17.3 Å². The van der Waals surface area contributed by atoms with Crippen molar-refractivity contribution in [3.8, 4) is 17.1 Å². The van der Waals surface area contributed by atoms with Crippen LogP contribution in [0.15, 0.2) is 53.1 Å². The van der Waals surface area contributed by atoms with Crippen molar-refractivity contribution in [3.63, 3.8) is 0 Å². The average molecular weight is 513 g/mol. The molecule has 0 saturated carbocycles. The Hall–Kier alpha value is -2.49. The first-order chi connectivity index (χ1) is 16.9. The summed E-state index contributed by atoms with van der Waals surface area (Å²) < 4.78 is 13.0. The number of fused-ring (bicyclic) bond motifs is 1. The average Bonchev–Trinajstić information content (AvgIpc) is 3.43. The standard InChI is InChI=1S/C26H29ClN4O3S/c1-16-14-30(15-19-12-24(34-29-19)21-6-4-5-7-22(21)27)10-11-31(16)26(17(2)32)33-20-8-9-25-23(13-20)28-18(3)35-25/h4-9,12-13,16-17,26,32H,10-11,14-15H2,1-3H3/t16-,17+,26?/m0/s1. The van der Waals surface area contributed by atoms with Crippen molar-refractivity contribution in [3.05, 3.63) is 64.3 Å². The van der Waals surface area contributed by atoms with E-state index in [4.69, 9.17) is 20.9 Å². The van der Waals surface area contributed by atoms with Gasteiger partial charge in [-0.1, -0.05) is 28.9 Å². The summed E-state index contributed by atoms with van der Waals surface area (Å²) in [6.45, 7) is 9.05. The van der Waals surface area contributed by atoms with Gasteiger partial charge in [-0.15, -0.1) is 11.3 Å². The molecule has 1 saturated heterocycles. The monoisotopic (exact) mass is 512 g/mol. The number of ether oxygens (including phenoxy) is 1. The van der Waals surface area contributed by atoms with Crippen LogP contribution < -0.4 is 4.74 Å². The topological polar surface area (TPSA) is 74.9 Å². The van der Waals surface area contributed by atoms with Crippen molar-refractivity contribution in [2.75, 3.05) is 19.6 Å². The Labute approximate surface area is 213 Å². The van der Waals surface area contributed by atoms with E-state index in [0.717, 1.165) is 51.9 Å². The van der Waals surface area contributed by atoms with Gasteiger partial charge in [-0.25, -0.2) is 4.98 Å². The molecule has 1 unspecified atom stereocenters. The molecule has 0 radical (unpaired) electrons. The molecule has 2 aromatic heterocycles. The third kappa shape index (κ3) is 5.37. The molecule has 0 spiro atoms. The Kier molecular flexibility index (Phi) is 7.09. The second-order valence-corrected chi connectivity index (χ2v) is 10.7. The van der Waals surface area contributed by atoms with Crippen molar-refractivity contribution in [2.45, 2.75) is 45.7 Å². The molecule has 35 heavy (non-hydrogen) atoms. The molecule has 3 heterocycles. The van der Waals surface area contributed by atoms with Crippen molar-refractivity contribution < 1.29 is 14.4 Å². The SMILES string of the molecule is Cc1nc2cc(OC([C@@H](C)O)N3CCN(Cc4cc(-c5ccccc5Cl)on4)C[C@@H]3C)ccc2s1. The molecule has 1 aliphatic rings. The largest absolute Gasteiger partial charge is 0.472 e. The molecular formula is C26H29ClN4O3S. The van der Waals surface area contributed by atoms with Gasteiger partial charge in [0.15, 0.2) is 12.0 Å². The predicted octanol–water partition coefficient (Wildman–Crippen LogP) is 5.21. The number of thiazole rings is 1. The Morgan fingerprint density at radius 3 is 2.83 bits per heavy atom. The number of aryl methyl sites for hydroxylation is 1. The fourth-order valence-electron chi connectivity index (χ4n) is 4.65. The molecule has 0 amide bonds. The number of piperazine rings is 1. The number of aromatic nitrogens is 2. The fraction of sp³-hybridized carbons (Fsp3) is 0.385. The Bertz CT molecular complexity index is 1310. The molecule has 5 rings (SSSR count). The van der Waals surface area contributed by atoms with Crippen molar-refractivity contribution in [2.24, 2.45) is 0 Å². The maximum atomic E-state index is 10.6. The zero-order chi connectivity index (χ0) is 24.5.